The summed E-state index contributed by atoms with van der Waals surface area (Å²) in [5, 5.41) is 0.255. The van der Waals surface area contributed by atoms with E-state index in [9.17, 15) is 18.0 Å². The maximum atomic E-state index is 12.3. The Hall–Kier alpha value is -1.78. The molecule has 2 aromatic rings. The molecule has 0 aliphatic rings. The third kappa shape index (κ3) is 2.87. The van der Waals surface area contributed by atoms with Gasteiger partial charge in [-0.05, 0) is 12.1 Å². The van der Waals surface area contributed by atoms with Crippen molar-refractivity contribution in [1.29, 1.82) is 0 Å². The highest BCUT2D eigenvalue weighted by Crippen LogP contribution is 2.27. The molecule has 17 heavy (non-hydrogen) atoms. The summed E-state index contributed by atoms with van der Waals surface area (Å²) < 4.78 is 37.0. The van der Waals surface area contributed by atoms with Crippen LogP contribution < -0.4 is 5.43 Å². The Morgan fingerprint density at radius 3 is 2.29 bits per heavy atom. The molecule has 2 rings (SSSR count). The molecule has 0 saturated carbocycles. The highest BCUT2D eigenvalue weighted by atomic mass is 19.4. The molecule has 92 valence electrons. The molecule has 0 bridgehead atoms. The average Bonchev–Trinajstić information content (AvgIpc) is 2.30. The summed E-state index contributed by atoms with van der Waals surface area (Å²) >= 11 is 0. The van der Waals surface area contributed by atoms with Gasteiger partial charge in [-0.1, -0.05) is 26.0 Å². The molecule has 0 unspecified atom stereocenters. The largest absolute Gasteiger partial charge is 0.431 e. The predicted octanol–water partition coefficient (Wildman–Crippen LogP) is 3.57. The van der Waals surface area contributed by atoms with Crippen molar-refractivity contribution in [2.45, 2.75) is 20.0 Å². The number of hydrogen-bond acceptors (Lipinski definition) is 1. The SMILES string of the molecule is CC.O=c1cc(C(F)(F)F)[nH]c2ccccc12. The molecule has 1 heterocycles. The fraction of sp³-hybridized carbons (Fsp3) is 0.250. The number of aromatic amines is 1. The van der Waals surface area contributed by atoms with E-state index in [4.69, 9.17) is 0 Å². The number of halogens is 3. The Morgan fingerprint density at radius 1 is 1.12 bits per heavy atom. The monoisotopic (exact) mass is 243 g/mol. The van der Waals surface area contributed by atoms with E-state index in [1.165, 1.54) is 12.1 Å². The van der Waals surface area contributed by atoms with Gasteiger partial charge in [0.05, 0.1) is 0 Å². The maximum Gasteiger partial charge on any atom is 0.431 e. The van der Waals surface area contributed by atoms with Crippen molar-refractivity contribution in [3.63, 3.8) is 0 Å². The summed E-state index contributed by atoms with van der Waals surface area (Å²) in [5.74, 6) is 0. The molecule has 0 atom stereocenters. The van der Waals surface area contributed by atoms with Crippen LogP contribution in [-0.2, 0) is 6.18 Å². The van der Waals surface area contributed by atoms with E-state index in [-0.39, 0.29) is 10.9 Å². The minimum Gasteiger partial charge on any atom is -0.351 e. The van der Waals surface area contributed by atoms with Crippen molar-refractivity contribution in [2.24, 2.45) is 0 Å². The van der Waals surface area contributed by atoms with Crippen molar-refractivity contribution >= 4 is 10.9 Å². The van der Waals surface area contributed by atoms with Crippen molar-refractivity contribution in [3.05, 3.63) is 46.2 Å². The Bertz CT molecular complexity index is 557. The van der Waals surface area contributed by atoms with Crippen LogP contribution in [0.25, 0.3) is 10.9 Å². The fourth-order valence-electron chi connectivity index (χ4n) is 1.35. The van der Waals surface area contributed by atoms with E-state index in [0.717, 1.165) is 0 Å². The number of para-hydroxylation sites is 1. The summed E-state index contributed by atoms with van der Waals surface area (Å²) in [6, 6.07) is 6.66. The van der Waals surface area contributed by atoms with Crippen molar-refractivity contribution in [1.82, 2.24) is 4.98 Å². The number of alkyl halides is 3. The molecule has 5 heteroatoms. The number of H-pyrrole nitrogens is 1. The minimum atomic E-state index is -4.52. The molecule has 0 aliphatic carbocycles. The molecule has 2 nitrogen and oxygen atoms in total. The molecule has 0 fully saturated rings. The first-order valence-electron chi connectivity index (χ1n) is 5.18. The third-order valence-corrected chi connectivity index (χ3v) is 2.04. The number of hydrogen-bond donors (Lipinski definition) is 1. The summed E-state index contributed by atoms with van der Waals surface area (Å²) in [7, 11) is 0. The summed E-state index contributed by atoms with van der Waals surface area (Å²) in [4.78, 5) is 13.5. The highest BCUT2D eigenvalue weighted by molar-refractivity contribution is 5.78. The van der Waals surface area contributed by atoms with Crippen LogP contribution in [0.2, 0.25) is 0 Å². The molecule has 0 amide bonds. The smallest absolute Gasteiger partial charge is 0.351 e. The lowest BCUT2D eigenvalue weighted by Gasteiger charge is -2.07. The van der Waals surface area contributed by atoms with Gasteiger partial charge in [-0.2, -0.15) is 13.2 Å². The topological polar surface area (TPSA) is 32.9 Å². The van der Waals surface area contributed by atoms with Crippen LogP contribution in [0.3, 0.4) is 0 Å². The fourth-order valence-corrected chi connectivity index (χ4v) is 1.35. The predicted molar refractivity (Wildman–Crippen MR) is 60.9 cm³/mol. The minimum absolute atomic E-state index is 0.192. The quantitative estimate of drug-likeness (QED) is 0.753. The number of benzene rings is 1. The van der Waals surface area contributed by atoms with Crippen LogP contribution in [0.5, 0.6) is 0 Å². The molecule has 0 saturated heterocycles. The molecular weight excluding hydrogens is 231 g/mol. The average molecular weight is 243 g/mol. The Kier molecular flexibility index (Phi) is 3.93. The lowest BCUT2D eigenvalue weighted by atomic mass is 10.2. The third-order valence-electron chi connectivity index (χ3n) is 2.04. The van der Waals surface area contributed by atoms with Gasteiger partial charge in [-0.15, -0.1) is 0 Å². The number of rotatable bonds is 0. The van der Waals surface area contributed by atoms with Crippen LogP contribution >= 0.6 is 0 Å². The van der Waals surface area contributed by atoms with Crippen molar-refractivity contribution in [2.75, 3.05) is 0 Å². The standard InChI is InChI=1S/C10H6F3NO.C2H6/c11-10(12,13)9-5-8(15)6-3-1-2-4-7(6)14-9;1-2/h1-5H,(H,14,15);1-2H3. The van der Waals surface area contributed by atoms with E-state index < -0.39 is 17.3 Å². The zero-order valence-electron chi connectivity index (χ0n) is 9.43. The van der Waals surface area contributed by atoms with E-state index in [1.54, 1.807) is 12.1 Å². The normalized spacial score (nSPS) is 10.9. The second-order valence-electron chi connectivity index (χ2n) is 3.09. The summed E-state index contributed by atoms with van der Waals surface area (Å²) in [6.07, 6.45) is -4.52. The van der Waals surface area contributed by atoms with E-state index in [0.29, 0.717) is 6.07 Å². The van der Waals surface area contributed by atoms with Crippen LogP contribution in [0.4, 0.5) is 13.2 Å². The molecule has 1 aromatic carbocycles. The number of pyridine rings is 1. The summed E-state index contributed by atoms with van der Waals surface area (Å²) in [5.41, 5.74) is -1.46. The van der Waals surface area contributed by atoms with Crippen LogP contribution in [0, 0.1) is 0 Å². The van der Waals surface area contributed by atoms with E-state index in [1.807, 2.05) is 13.8 Å². The molecule has 1 aromatic heterocycles. The van der Waals surface area contributed by atoms with Crippen molar-refractivity contribution in [3.8, 4) is 0 Å². The van der Waals surface area contributed by atoms with Crippen LogP contribution in [-0.4, -0.2) is 4.98 Å². The Labute approximate surface area is 96.1 Å². The second kappa shape index (κ2) is 5.03. The highest BCUT2D eigenvalue weighted by Gasteiger charge is 2.32. The summed E-state index contributed by atoms with van der Waals surface area (Å²) in [6.45, 7) is 4.00. The molecule has 1 N–H and O–H groups in total. The van der Waals surface area contributed by atoms with Gasteiger partial charge in [-0.25, -0.2) is 0 Å². The first-order valence-corrected chi connectivity index (χ1v) is 5.18. The maximum absolute atomic E-state index is 12.3. The molecule has 0 radical (unpaired) electrons. The van der Waals surface area contributed by atoms with Crippen LogP contribution in [0.15, 0.2) is 35.1 Å². The van der Waals surface area contributed by atoms with E-state index >= 15 is 0 Å². The molecule has 0 aliphatic heterocycles. The molecule has 0 spiro atoms. The van der Waals surface area contributed by atoms with Gasteiger partial charge >= 0.3 is 6.18 Å². The van der Waals surface area contributed by atoms with Gasteiger partial charge in [0.1, 0.15) is 5.69 Å². The number of fused-ring (bicyclic) bond motifs is 1. The zero-order valence-corrected chi connectivity index (χ0v) is 9.43. The van der Waals surface area contributed by atoms with Gasteiger partial charge in [0.2, 0.25) is 0 Å². The lowest BCUT2D eigenvalue weighted by molar-refractivity contribution is -0.141. The second-order valence-corrected chi connectivity index (χ2v) is 3.09. The van der Waals surface area contributed by atoms with Gasteiger partial charge < -0.3 is 4.98 Å². The molecular formula is C12H12F3NO. The zero-order chi connectivity index (χ0) is 13.1. The van der Waals surface area contributed by atoms with E-state index in [2.05, 4.69) is 4.98 Å². The number of nitrogens with one attached hydrogen (secondary N) is 1. The van der Waals surface area contributed by atoms with Gasteiger partial charge in [-0.3, -0.25) is 4.79 Å². The van der Waals surface area contributed by atoms with Gasteiger partial charge in [0.15, 0.2) is 5.43 Å². The lowest BCUT2D eigenvalue weighted by Crippen LogP contribution is -2.13. The Balaban J connectivity index is 0.000000686. The van der Waals surface area contributed by atoms with Crippen LogP contribution in [0.1, 0.15) is 19.5 Å². The first-order chi connectivity index (χ1) is 7.98. The van der Waals surface area contributed by atoms with Crippen molar-refractivity contribution < 1.29 is 13.2 Å². The first kappa shape index (κ1) is 13.3. The van der Waals surface area contributed by atoms with Gasteiger partial charge in [0.25, 0.3) is 0 Å². The number of aromatic nitrogens is 1. The Morgan fingerprint density at radius 2 is 1.71 bits per heavy atom. The van der Waals surface area contributed by atoms with Gasteiger partial charge in [0, 0.05) is 17.0 Å².